The molecule has 1 heterocycles. The minimum atomic E-state index is -1.29. The number of carbonyl (C=O) groups is 2. The van der Waals surface area contributed by atoms with Crippen LogP contribution in [-0.4, -0.2) is 31.6 Å². The summed E-state index contributed by atoms with van der Waals surface area (Å²) in [4.78, 5) is 27.4. The summed E-state index contributed by atoms with van der Waals surface area (Å²) in [6.45, 7) is 0. The minimum absolute atomic E-state index is 0.137. The Labute approximate surface area is 98.7 Å². The SMILES string of the molecule is Cn1ncnc1CC1(C(=O)O)CCCCC1=O. The standard InChI is InChI=1S/C11H15N3O3/c1-14-9(12-7-13-14)6-11(10(16)17)5-3-2-4-8(11)15/h7H,2-6H2,1H3,(H,16,17). The molecule has 0 aromatic carbocycles. The lowest BCUT2D eigenvalue weighted by molar-refractivity contribution is -0.157. The molecule has 2 rings (SSSR count). The third kappa shape index (κ3) is 1.94. The zero-order valence-corrected chi connectivity index (χ0v) is 9.72. The van der Waals surface area contributed by atoms with Crippen LogP contribution < -0.4 is 0 Å². The van der Waals surface area contributed by atoms with Crippen LogP contribution in [0.25, 0.3) is 0 Å². The van der Waals surface area contributed by atoms with Gasteiger partial charge in [-0.05, 0) is 12.8 Å². The molecule has 6 heteroatoms. The number of carboxylic acids is 1. The van der Waals surface area contributed by atoms with Crippen LogP contribution in [0.5, 0.6) is 0 Å². The number of hydrogen-bond donors (Lipinski definition) is 1. The monoisotopic (exact) mass is 237 g/mol. The van der Waals surface area contributed by atoms with Gasteiger partial charge < -0.3 is 5.11 Å². The zero-order chi connectivity index (χ0) is 12.5. The molecule has 1 aromatic heterocycles. The van der Waals surface area contributed by atoms with Crippen molar-refractivity contribution >= 4 is 11.8 Å². The van der Waals surface area contributed by atoms with Gasteiger partial charge in [-0.1, -0.05) is 6.42 Å². The van der Waals surface area contributed by atoms with Crippen molar-refractivity contribution in [3.05, 3.63) is 12.2 Å². The molecule has 0 bridgehead atoms. The third-order valence-corrected chi connectivity index (χ3v) is 3.47. The van der Waals surface area contributed by atoms with E-state index in [1.807, 2.05) is 0 Å². The first-order valence-corrected chi connectivity index (χ1v) is 5.66. The highest BCUT2D eigenvalue weighted by Gasteiger charge is 2.47. The Balaban J connectivity index is 2.32. The Hall–Kier alpha value is -1.72. The number of Topliss-reactive ketones (excluding diaryl/α,β-unsaturated/α-hetero) is 1. The number of aryl methyl sites for hydroxylation is 1. The number of aromatic nitrogens is 3. The Bertz CT molecular complexity index is 455. The van der Waals surface area contributed by atoms with Crippen molar-refractivity contribution in [2.45, 2.75) is 32.1 Å². The van der Waals surface area contributed by atoms with Crippen LogP contribution >= 0.6 is 0 Å². The number of carbonyl (C=O) groups excluding carboxylic acids is 1. The molecule has 1 aliphatic carbocycles. The number of ketones is 1. The number of aliphatic carboxylic acids is 1. The van der Waals surface area contributed by atoms with Gasteiger partial charge in [0.25, 0.3) is 0 Å². The molecule has 0 aliphatic heterocycles. The Kier molecular flexibility index (Phi) is 2.95. The highest BCUT2D eigenvalue weighted by Crippen LogP contribution is 2.36. The van der Waals surface area contributed by atoms with E-state index in [2.05, 4.69) is 10.1 Å². The first-order valence-electron chi connectivity index (χ1n) is 5.66. The van der Waals surface area contributed by atoms with E-state index in [-0.39, 0.29) is 12.2 Å². The van der Waals surface area contributed by atoms with Gasteiger partial charge in [0.05, 0.1) is 0 Å². The van der Waals surface area contributed by atoms with Crippen molar-refractivity contribution in [2.24, 2.45) is 12.5 Å². The van der Waals surface area contributed by atoms with Crippen molar-refractivity contribution in [3.8, 4) is 0 Å². The second-order valence-corrected chi connectivity index (χ2v) is 4.49. The second-order valence-electron chi connectivity index (χ2n) is 4.49. The average Bonchev–Trinajstić information content (AvgIpc) is 2.67. The van der Waals surface area contributed by atoms with Gasteiger partial charge in [-0.25, -0.2) is 4.98 Å². The predicted molar refractivity (Wildman–Crippen MR) is 58.3 cm³/mol. The Morgan fingerprint density at radius 1 is 1.59 bits per heavy atom. The predicted octanol–water partition coefficient (Wildman–Crippen LogP) is 0.572. The van der Waals surface area contributed by atoms with E-state index in [0.29, 0.717) is 18.7 Å². The molecular formula is C11H15N3O3. The summed E-state index contributed by atoms with van der Waals surface area (Å²) in [6, 6.07) is 0. The quantitative estimate of drug-likeness (QED) is 0.777. The zero-order valence-electron chi connectivity index (χ0n) is 9.72. The lowest BCUT2D eigenvalue weighted by Crippen LogP contribution is -2.44. The smallest absolute Gasteiger partial charge is 0.317 e. The molecule has 17 heavy (non-hydrogen) atoms. The third-order valence-electron chi connectivity index (χ3n) is 3.47. The summed E-state index contributed by atoms with van der Waals surface area (Å²) < 4.78 is 1.52. The molecule has 0 radical (unpaired) electrons. The van der Waals surface area contributed by atoms with Crippen LogP contribution in [0.2, 0.25) is 0 Å². The van der Waals surface area contributed by atoms with Gasteiger partial charge in [-0.3, -0.25) is 14.3 Å². The lowest BCUT2D eigenvalue weighted by Gasteiger charge is -2.31. The fourth-order valence-corrected chi connectivity index (χ4v) is 2.33. The van der Waals surface area contributed by atoms with Gasteiger partial charge >= 0.3 is 5.97 Å². The largest absolute Gasteiger partial charge is 0.480 e. The van der Waals surface area contributed by atoms with Gasteiger partial charge in [0.1, 0.15) is 17.6 Å². The average molecular weight is 237 g/mol. The maximum absolute atomic E-state index is 12.0. The van der Waals surface area contributed by atoms with Crippen LogP contribution in [-0.2, 0) is 23.1 Å². The maximum atomic E-state index is 12.0. The molecule has 1 unspecified atom stereocenters. The van der Waals surface area contributed by atoms with E-state index in [1.165, 1.54) is 11.0 Å². The highest BCUT2D eigenvalue weighted by atomic mass is 16.4. The van der Waals surface area contributed by atoms with Crippen LogP contribution in [0, 0.1) is 5.41 Å². The van der Waals surface area contributed by atoms with E-state index in [9.17, 15) is 14.7 Å². The molecule has 92 valence electrons. The normalized spacial score (nSPS) is 24.9. The molecule has 0 saturated heterocycles. The van der Waals surface area contributed by atoms with Crippen LogP contribution in [0.3, 0.4) is 0 Å². The number of nitrogens with zero attached hydrogens (tertiary/aromatic N) is 3. The van der Waals surface area contributed by atoms with Crippen LogP contribution in [0.4, 0.5) is 0 Å². The molecule has 1 atom stereocenters. The summed E-state index contributed by atoms with van der Waals surface area (Å²) in [6.07, 6.45) is 3.82. The summed E-state index contributed by atoms with van der Waals surface area (Å²) in [7, 11) is 1.70. The topological polar surface area (TPSA) is 85.1 Å². The lowest BCUT2D eigenvalue weighted by atomic mass is 9.70. The van der Waals surface area contributed by atoms with Crippen LogP contribution in [0.15, 0.2) is 6.33 Å². The Morgan fingerprint density at radius 2 is 2.35 bits per heavy atom. The first-order chi connectivity index (χ1) is 8.06. The Morgan fingerprint density at radius 3 is 2.88 bits per heavy atom. The molecule has 1 fully saturated rings. The molecule has 1 saturated carbocycles. The van der Waals surface area contributed by atoms with Crippen molar-refractivity contribution in [3.63, 3.8) is 0 Å². The molecule has 1 aromatic rings. The van der Waals surface area contributed by atoms with Gasteiger partial charge in [-0.15, -0.1) is 0 Å². The van der Waals surface area contributed by atoms with Crippen molar-refractivity contribution in [1.29, 1.82) is 0 Å². The van der Waals surface area contributed by atoms with Crippen LogP contribution in [0.1, 0.15) is 31.5 Å². The molecule has 0 spiro atoms. The van der Waals surface area contributed by atoms with E-state index in [4.69, 9.17) is 0 Å². The van der Waals surface area contributed by atoms with Gasteiger partial charge in [0.2, 0.25) is 0 Å². The highest BCUT2D eigenvalue weighted by molar-refractivity contribution is 6.03. The van der Waals surface area contributed by atoms with Crippen molar-refractivity contribution < 1.29 is 14.7 Å². The number of carboxylic acid groups (broad SMARTS) is 1. The van der Waals surface area contributed by atoms with Gasteiger partial charge in [-0.2, -0.15) is 5.10 Å². The summed E-state index contributed by atoms with van der Waals surface area (Å²) >= 11 is 0. The molecule has 1 aliphatic rings. The fourth-order valence-electron chi connectivity index (χ4n) is 2.33. The maximum Gasteiger partial charge on any atom is 0.317 e. The molecule has 0 amide bonds. The van der Waals surface area contributed by atoms with E-state index < -0.39 is 11.4 Å². The van der Waals surface area contributed by atoms with Crippen molar-refractivity contribution in [2.75, 3.05) is 0 Å². The fraction of sp³-hybridized carbons (Fsp3) is 0.636. The van der Waals surface area contributed by atoms with Gasteiger partial charge in [0, 0.05) is 19.9 Å². The minimum Gasteiger partial charge on any atom is -0.480 e. The molecule has 6 nitrogen and oxygen atoms in total. The molecular weight excluding hydrogens is 222 g/mol. The summed E-state index contributed by atoms with van der Waals surface area (Å²) in [5.74, 6) is -0.674. The first kappa shape index (κ1) is 11.8. The van der Waals surface area contributed by atoms with Crippen molar-refractivity contribution in [1.82, 2.24) is 14.8 Å². The van der Waals surface area contributed by atoms with Gasteiger partial charge in [0.15, 0.2) is 5.78 Å². The number of hydrogen-bond acceptors (Lipinski definition) is 4. The van der Waals surface area contributed by atoms with E-state index in [1.54, 1.807) is 7.05 Å². The van der Waals surface area contributed by atoms with E-state index in [0.717, 1.165) is 12.8 Å². The summed E-state index contributed by atoms with van der Waals surface area (Å²) in [5.41, 5.74) is -1.29. The summed E-state index contributed by atoms with van der Waals surface area (Å²) in [5, 5.41) is 13.3. The van der Waals surface area contributed by atoms with E-state index >= 15 is 0 Å². The second kappa shape index (κ2) is 4.27. The number of rotatable bonds is 3. The molecule has 1 N–H and O–H groups in total.